The Hall–Kier alpha value is -2.14. The van der Waals surface area contributed by atoms with Crippen molar-refractivity contribution < 1.29 is 14.7 Å². The first-order valence-electron chi connectivity index (χ1n) is 5.58. The molecule has 1 amide bonds. The number of amides is 1. The van der Waals surface area contributed by atoms with Gasteiger partial charge in [-0.2, -0.15) is 0 Å². The highest BCUT2D eigenvalue weighted by Crippen LogP contribution is 1.97. The Morgan fingerprint density at radius 3 is 2.56 bits per heavy atom. The lowest BCUT2D eigenvalue weighted by Crippen LogP contribution is -2.29. The van der Waals surface area contributed by atoms with Crippen LogP contribution in [0.5, 0.6) is 0 Å². The molecule has 1 unspecified atom stereocenters. The summed E-state index contributed by atoms with van der Waals surface area (Å²) >= 11 is 0. The molecule has 0 aliphatic rings. The van der Waals surface area contributed by atoms with Crippen molar-refractivity contribution in [2.75, 3.05) is 6.54 Å². The van der Waals surface area contributed by atoms with E-state index in [9.17, 15) is 9.59 Å². The number of carbonyl (C=O) groups excluding carboxylic acids is 1. The number of carbonyl (C=O) groups is 2. The molecule has 5 nitrogen and oxygen atoms in total. The van der Waals surface area contributed by atoms with Crippen molar-refractivity contribution in [3.05, 3.63) is 48.0 Å². The van der Waals surface area contributed by atoms with Crippen LogP contribution in [0.4, 0.5) is 0 Å². The third-order valence-corrected chi connectivity index (χ3v) is 2.29. The zero-order chi connectivity index (χ0) is 13.4. The van der Waals surface area contributed by atoms with Gasteiger partial charge < -0.3 is 16.2 Å². The Balaban J connectivity index is 2.28. The van der Waals surface area contributed by atoms with E-state index in [4.69, 9.17) is 10.8 Å². The summed E-state index contributed by atoms with van der Waals surface area (Å²) < 4.78 is 0. The summed E-state index contributed by atoms with van der Waals surface area (Å²) in [5.74, 6) is -1.20. The highest BCUT2D eigenvalue weighted by molar-refractivity contribution is 5.94. The Labute approximate surface area is 105 Å². The first-order valence-corrected chi connectivity index (χ1v) is 5.58. The molecule has 0 aliphatic carbocycles. The molecule has 0 spiro atoms. The van der Waals surface area contributed by atoms with Crippen LogP contribution in [0.15, 0.2) is 42.5 Å². The van der Waals surface area contributed by atoms with Crippen LogP contribution in [0.25, 0.3) is 0 Å². The fourth-order valence-corrected chi connectivity index (χ4v) is 1.27. The molecule has 1 aromatic carbocycles. The Morgan fingerprint density at radius 1 is 1.28 bits per heavy atom. The Kier molecular flexibility index (Phi) is 5.60. The number of hydrogen-bond donors (Lipinski definition) is 3. The average Bonchev–Trinajstić information content (AvgIpc) is 2.38. The molecule has 1 aromatic rings. The van der Waals surface area contributed by atoms with Gasteiger partial charge in [-0.3, -0.25) is 9.59 Å². The lowest BCUT2D eigenvalue weighted by molar-refractivity contribution is -0.138. The number of carboxylic acids is 1. The van der Waals surface area contributed by atoms with E-state index < -0.39 is 12.0 Å². The van der Waals surface area contributed by atoms with Crippen LogP contribution >= 0.6 is 0 Å². The second kappa shape index (κ2) is 7.24. The summed E-state index contributed by atoms with van der Waals surface area (Å²) in [7, 11) is 0. The lowest BCUT2D eigenvalue weighted by atomic mass is 10.2. The SMILES string of the molecule is NC(C/C=C/CNC(=O)c1ccccc1)C(=O)O. The predicted molar refractivity (Wildman–Crippen MR) is 68.1 cm³/mol. The Morgan fingerprint density at radius 2 is 1.94 bits per heavy atom. The van der Waals surface area contributed by atoms with Crippen LogP contribution in [0.1, 0.15) is 16.8 Å². The molecule has 96 valence electrons. The van der Waals surface area contributed by atoms with Gasteiger partial charge in [0.25, 0.3) is 5.91 Å². The van der Waals surface area contributed by atoms with E-state index in [1.165, 1.54) is 0 Å². The van der Waals surface area contributed by atoms with Crippen LogP contribution in [-0.4, -0.2) is 29.6 Å². The van der Waals surface area contributed by atoms with Crippen LogP contribution < -0.4 is 11.1 Å². The monoisotopic (exact) mass is 248 g/mol. The van der Waals surface area contributed by atoms with Crippen LogP contribution in [0.2, 0.25) is 0 Å². The minimum Gasteiger partial charge on any atom is -0.480 e. The van der Waals surface area contributed by atoms with Gasteiger partial charge in [-0.1, -0.05) is 30.4 Å². The van der Waals surface area contributed by atoms with Gasteiger partial charge in [0.15, 0.2) is 0 Å². The number of aliphatic carboxylic acids is 1. The van der Waals surface area contributed by atoms with Crippen molar-refractivity contribution in [3.8, 4) is 0 Å². The molecule has 0 radical (unpaired) electrons. The number of rotatable bonds is 6. The molecule has 1 rings (SSSR count). The topological polar surface area (TPSA) is 92.4 Å². The summed E-state index contributed by atoms with van der Waals surface area (Å²) in [4.78, 5) is 22.0. The maximum absolute atomic E-state index is 11.6. The maximum atomic E-state index is 11.6. The standard InChI is InChI=1S/C13H16N2O3/c14-11(13(17)18)8-4-5-9-15-12(16)10-6-2-1-3-7-10/h1-7,11H,8-9,14H2,(H,15,16)(H,17,18)/b5-4+. The second-order valence-corrected chi connectivity index (χ2v) is 3.73. The van der Waals surface area contributed by atoms with Gasteiger partial charge >= 0.3 is 5.97 Å². The van der Waals surface area contributed by atoms with Crippen molar-refractivity contribution in [2.45, 2.75) is 12.5 Å². The van der Waals surface area contributed by atoms with Gasteiger partial charge in [0, 0.05) is 12.1 Å². The number of hydrogen-bond acceptors (Lipinski definition) is 3. The number of carboxylic acid groups (broad SMARTS) is 1. The van der Waals surface area contributed by atoms with E-state index in [2.05, 4.69) is 5.32 Å². The fraction of sp³-hybridized carbons (Fsp3) is 0.231. The fourth-order valence-electron chi connectivity index (χ4n) is 1.27. The van der Waals surface area contributed by atoms with Gasteiger partial charge in [0.2, 0.25) is 0 Å². The van der Waals surface area contributed by atoms with Crippen molar-refractivity contribution in [2.24, 2.45) is 5.73 Å². The first kappa shape index (κ1) is 13.9. The van der Waals surface area contributed by atoms with E-state index in [0.717, 1.165) is 0 Å². The highest BCUT2D eigenvalue weighted by Gasteiger charge is 2.07. The molecule has 0 fully saturated rings. The van der Waals surface area contributed by atoms with Gasteiger partial charge in [-0.25, -0.2) is 0 Å². The van der Waals surface area contributed by atoms with E-state index >= 15 is 0 Å². The zero-order valence-electron chi connectivity index (χ0n) is 9.87. The molecule has 0 saturated carbocycles. The molecule has 5 heteroatoms. The van der Waals surface area contributed by atoms with Gasteiger partial charge in [-0.05, 0) is 18.6 Å². The molecule has 18 heavy (non-hydrogen) atoms. The van der Waals surface area contributed by atoms with E-state index in [-0.39, 0.29) is 12.3 Å². The normalized spacial score (nSPS) is 12.3. The molecule has 0 heterocycles. The molecular weight excluding hydrogens is 232 g/mol. The molecule has 4 N–H and O–H groups in total. The van der Waals surface area contributed by atoms with Crippen molar-refractivity contribution in [1.29, 1.82) is 0 Å². The van der Waals surface area contributed by atoms with Crippen molar-refractivity contribution in [3.63, 3.8) is 0 Å². The third kappa shape index (κ3) is 4.80. The molecule has 0 bridgehead atoms. The third-order valence-electron chi connectivity index (χ3n) is 2.29. The quantitative estimate of drug-likeness (QED) is 0.648. The molecule has 1 atom stereocenters. The Bertz CT molecular complexity index is 429. The summed E-state index contributed by atoms with van der Waals surface area (Å²) in [6.45, 7) is 0.347. The number of nitrogens with two attached hydrogens (primary N) is 1. The van der Waals surface area contributed by atoms with Crippen molar-refractivity contribution >= 4 is 11.9 Å². The molecule has 0 aliphatic heterocycles. The van der Waals surface area contributed by atoms with Gasteiger partial charge in [-0.15, -0.1) is 0 Å². The van der Waals surface area contributed by atoms with Crippen LogP contribution in [0.3, 0.4) is 0 Å². The van der Waals surface area contributed by atoms with Gasteiger partial charge in [0.1, 0.15) is 6.04 Å². The van der Waals surface area contributed by atoms with E-state index in [1.807, 2.05) is 6.07 Å². The highest BCUT2D eigenvalue weighted by atomic mass is 16.4. The lowest BCUT2D eigenvalue weighted by Gasteiger charge is -2.02. The molecule has 0 aromatic heterocycles. The van der Waals surface area contributed by atoms with Crippen molar-refractivity contribution in [1.82, 2.24) is 5.32 Å². The van der Waals surface area contributed by atoms with Crippen LogP contribution in [-0.2, 0) is 4.79 Å². The summed E-state index contributed by atoms with van der Waals surface area (Å²) in [5.41, 5.74) is 5.90. The summed E-state index contributed by atoms with van der Waals surface area (Å²) in [6, 6.07) is 7.96. The van der Waals surface area contributed by atoms with E-state index in [0.29, 0.717) is 12.1 Å². The number of benzene rings is 1. The minimum absolute atomic E-state index is 0.164. The largest absolute Gasteiger partial charge is 0.480 e. The summed E-state index contributed by atoms with van der Waals surface area (Å²) in [6.07, 6.45) is 3.57. The molecular formula is C13H16N2O3. The zero-order valence-corrected chi connectivity index (χ0v) is 9.87. The smallest absolute Gasteiger partial charge is 0.320 e. The first-order chi connectivity index (χ1) is 8.61. The van der Waals surface area contributed by atoms with Crippen LogP contribution in [0, 0.1) is 0 Å². The predicted octanol–water partition coefficient (Wildman–Crippen LogP) is 0.775. The van der Waals surface area contributed by atoms with E-state index in [1.54, 1.807) is 36.4 Å². The minimum atomic E-state index is -1.03. The second-order valence-electron chi connectivity index (χ2n) is 3.73. The van der Waals surface area contributed by atoms with Gasteiger partial charge in [0.05, 0.1) is 0 Å². The summed E-state index contributed by atoms with van der Waals surface area (Å²) in [5, 5.41) is 11.2. The molecule has 0 saturated heterocycles. The average molecular weight is 248 g/mol. The maximum Gasteiger partial charge on any atom is 0.320 e. The number of nitrogens with one attached hydrogen (secondary N) is 1.